The Balaban J connectivity index is -0.000000607. The third kappa shape index (κ3) is 26.4. The fourth-order valence-electron chi connectivity index (χ4n) is 2.85. The van der Waals surface area contributed by atoms with Crippen LogP contribution >= 0.6 is 0 Å². The maximum Gasteiger partial charge on any atom is 1.00 e. The standard InChI is InChI=1S/C20H38N2O6.2Na.2H/c1-2-3-4-5-6-7-8-9-10-11-18(23)21-12-13-22(16-19(24)25)14-15-28-17-20(26)27;;;;/h2-17H2,1H3,(H,21,23)(H,24,25)(H,26,27);;;;/q;2*+1;2*-1. The van der Waals surface area contributed by atoms with E-state index in [2.05, 4.69) is 12.2 Å². The molecule has 0 heterocycles. The molecule has 30 heavy (non-hydrogen) atoms. The first-order chi connectivity index (χ1) is 13.5. The molecule has 0 saturated heterocycles. The number of ether oxygens (including phenoxy) is 1. The molecule has 1 amide bonds. The Bertz CT molecular complexity index is 452. The molecule has 0 aliphatic carbocycles. The Labute approximate surface area is 228 Å². The molecule has 0 unspecified atom stereocenters. The minimum absolute atomic E-state index is 0. The molecule has 0 saturated carbocycles. The van der Waals surface area contributed by atoms with Crippen LogP contribution in [0.4, 0.5) is 0 Å². The second kappa shape index (κ2) is 25.6. The molecule has 0 aliphatic rings. The fourth-order valence-corrected chi connectivity index (χ4v) is 2.85. The number of nitrogens with one attached hydrogen (secondary N) is 1. The summed E-state index contributed by atoms with van der Waals surface area (Å²) in [5.41, 5.74) is 0. The summed E-state index contributed by atoms with van der Waals surface area (Å²) in [4.78, 5) is 34.7. The topological polar surface area (TPSA) is 116 Å². The molecular formula is C20H40N2Na2O6. The summed E-state index contributed by atoms with van der Waals surface area (Å²) >= 11 is 0. The fraction of sp³-hybridized carbons (Fsp3) is 0.850. The van der Waals surface area contributed by atoms with E-state index < -0.39 is 18.5 Å². The SMILES string of the molecule is CCCCCCCCCCCC(=O)NCCN(CCOCC(=O)O)CC(=O)O.[H-].[H-].[Na+].[Na+]. The Morgan fingerprint density at radius 1 is 0.867 bits per heavy atom. The molecule has 8 nitrogen and oxygen atoms in total. The zero-order valence-electron chi connectivity index (χ0n) is 21.3. The first-order valence-corrected chi connectivity index (χ1v) is 10.5. The summed E-state index contributed by atoms with van der Waals surface area (Å²) in [6.45, 7) is 2.81. The van der Waals surface area contributed by atoms with Gasteiger partial charge in [0, 0.05) is 26.1 Å². The van der Waals surface area contributed by atoms with Crippen molar-refractivity contribution in [3.8, 4) is 0 Å². The molecule has 10 heteroatoms. The third-order valence-electron chi connectivity index (χ3n) is 4.39. The van der Waals surface area contributed by atoms with Crippen molar-refractivity contribution in [1.29, 1.82) is 0 Å². The molecule has 0 atom stereocenters. The molecule has 0 aromatic rings. The van der Waals surface area contributed by atoms with Crippen molar-refractivity contribution >= 4 is 17.8 Å². The number of carbonyl (C=O) groups excluding carboxylic acids is 1. The van der Waals surface area contributed by atoms with Crippen molar-refractivity contribution in [3.63, 3.8) is 0 Å². The van der Waals surface area contributed by atoms with E-state index in [0.717, 1.165) is 12.8 Å². The van der Waals surface area contributed by atoms with E-state index >= 15 is 0 Å². The van der Waals surface area contributed by atoms with Crippen LogP contribution in [0.25, 0.3) is 0 Å². The molecule has 0 aromatic carbocycles. The van der Waals surface area contributed by atoms with Crippen molar-refractivity contribution in [2.75, 3.05) is 39.4 Å². The maximum absolute atomic E-state index is 11.9. The van der Waals surface area contributed by atoms with Gasteiger partial charge in [-0.1, -0.05) is 58.3 Å². The molecule has 0 bridgehead atoms. The van der Waals surface area contributed by atoms with Gasteiger partial charge in [-0.2, -0.15) is 0 Å². The summed E-state index contributed by atoms with van der Waals surface area (Å²) in [6, 6.07) is 0. The van der Waals surface area contributed by atoms with Gasteiger partial charge in [-0.15, -0.1) is 0 Å². The number of carboxylic acid groups (broad SMARTS) is 2. The van der Waals surface area contributed by atoms with Crippen molar-refractivity contribution in [3.05, 3.63) is 0 Å². The van der Waals surface area contributed by atoms with Crippen molar-refractivity contribution in [2.24, 2.45) is 0 Å². The van der Waals surface area contributed by atoms with Gasteiger partial charge in [-0.3, -0.25) is 14.5 Å². The van der Waals surface area contributed by atoms with Crippen molar-refractivity contribution in [1.82, 2.24) is 10.2 Å². The quantitative estimate of drug-likeness (QED) is 0.132. The summed E-state index contributed by atoms with van der Waals surface area (Å²) in [5.74, 6) is -2.05. The number of hydrogen-bond acceptors (Lipinski definition) is 5. The molecule has 0 fully saturated rings. The van der Waals surface area contributed by atoms with Gasteiger partial charge in [-0.25, -0.2) is 4.79 Å². The van der Waals surface area contributed by atoms with Gasteiger partial charge in [0.1, 0.15) is 6.61 Å². The first kappa shape index (κ1) is 34.9. The molecule has 3 N–H and O–H groups in total. The van der Waals surface area contributed by atoms with Gasteiger partial charge in [0.25, 0.3) is 0 Å². The van der Waals surface area contributed by atoms with Crippen LogP contribution in [-0.4, -0.2) is 72.4 Å². The largest absolute Gasteiger partial charge is 1.00 e. The van der Waals surface area contributed by atoms with Gasteiger partial charge in [0.2, 0.25) is 5.91 Å². The first-order valence-electron chi connectivity index (χ1n) is 10.5. The number of rotatable bonds is 20. The van der Waals surface area contributed by atoms with Crippen LogP contribution in [0.5, 0.6) is 0 Å². The monoisotopic (exact) mass is 450 g/mol. The van der Waals surface area contributed by atoms with E-state index in [4.69, 9.17) is 14.9 Å². The van der Waals surface area contributed by atoms with E-state index in [1.165, 1.54) is 44.9 Å². The van der Waals surface area contributed by atoms with Crippen LogP contribution in [-0.2, 0) is 19.1 Å². The summed E-state index contributed by atoms with van der Waals surface area (Å²) in [6.07, 6.45) is 11.3. The van der Waals surface area contributed by atoms with Crippen LogP contribution in [0.2, 0.25) is 0 Å². The Hall–Kier alpha value is 0.330. The number of amides is 1. The number of nitrogens with zero attached hydrogens (tertiary/aromatic N) is 1. The Morgan fingerprint density at radius 3 is 1.97 bits per heavy atom. The normalized spacial score (nSPS) is 10.2. The number of carbonyl (C=O) groups is 3. The van der Waals surface area contributed by atoms with Crippen LogP contribution in [0.15, 0.2) is 0 Å². The zero-order valence-corrected chi connectivity index (χ0v) is 23.3. The third-order valence-corrected chi connectivity index (χ3v) is 4.39. The second-order valence-corrected chi connectivity index (χ2v) is 7.04. The van der Waals surface area contributed by atoms with Crippen molar-refractivity contribution < 1.29 is 91.3 Å². The van der Waals surface area contributed by atoms with Crippen molar-refractivity contribution in [2.45, 2.75) is 71.1 Å². The van der Waals surface area contributed by atoms with Gasteiger partial charge >= 0.3 is 71.1 Å². The number of carboxylic acids is 2. The number of aliphatic carboxylic acids is 2. The summed E-state index contributed by atoms with van der Waals surface area (Å²) < 4.78 is 4.93. The average Bonchev–Trinajstić information content (AvgIpc) is 2.63. The number of hydrogen-bond donors (Lipinski definition) is 3. The van der Waals surface area contributed by atoms with E-state index in [0.29, 0.717) is 26.1 Å². The molecule has 168 valence electrons. The minimum atomic E-state index is -1.06. The predicted molar refractivity (Wildman–Crippen MR) is 110 cm³/mol. The number of unbranched alkanes of at least 4 members (excludes halogenated alkanes) is 8. The van der Waals surface area contributed by atoms with Gasteiger partial charge < -0.3 is 23.1 Å². The average molecular weight is 451 g/mol. The van der Waals surface area contributed by atoms with E-state index in [-0.39, 0.29) is 81.0 Å². The molecule has 0 aromatic heterocycles. The Morgan fingerprint density at radius 2 is 1.43 bits per heavy atom. The van der Waals surface area contributed by atoms with Crippen LogP contribution in [0.3, 0.4) is 0 Å². The molecule has 0 aliphatic heterocycles. The summed E-state index contributed by atoms with van der Waals surface area (Å²) in [7, 11) is 0. The van der Waals surface area contributed by atoms with E-state index in [9.17, 15) is 14.4 Å². The smallest absolute Gasteiger partial charge is 1.00 e. The zero-order chi connectivity index (χ0) is 21.0. The second-order valence-electron chi connectivity index (χ2n) is 7.04. The van der Waals surface area contributed by atoms with Gasteiger partial charge in [-0.05, 0) is 6.42 Å². The maximum atomic E-state index is 11.9. The predicted octanol–water partition coefficient (Wildman–Crippen LogP) is -3.26. The molecule has 0 spiro atoms. The van der Waals surface area contributed by atoms with Crippen LogP contribution in [0.1, 0.15) is 74.0 Å². The summed E-state index contributed by atoms with van der Waals surface area (Å²) in [5, 5.41) is 20.2. The van der Waals surface area contributed by atoms with Crippen LogP contribution in [0, 0.1) is 0 Å². The Kier molecular flexibility index (Phi) is 29.8. The molecule has 0 rings (SSSR count). The van der Waals surface area contributed by atoms with E-state index in [1.54, 1.807) is 4.90 Å². The molecular weight excluding hydrogens is 410 g/mol. The van der Waals surface area contributed by atoms with Crippen LogP contribution < -0.4 is 64.4 Å². The van der Waals surface area contributed by atoms with Gasteiger partial charge in [0.05, 0.1) is 13.2 Å². The minimum Gasteiger partial charge on any atom is -1.00 e. The van der Waals surface area contributed by atoms with E-state index in [1.807, 2.05) is 0 Å². The van der Waals surface area contributed by atoms with Gasteiger partial charge in [0.15, 0.2) is 0 Å². The molecule has 0 radical (unpaired) electrons.